The standard InChI is InChI=1S/C24H23N3O2S2/c1-16-10-11-18(13-17(16)2)27-23(29)20-8-4-5-9-21(20)25-24(27)31-15-22(28)26(3)14-19-7-6-12-30-19/h4-13H,14-15H2,1-3H3. The van der Waals surface area contributed by atoms with Crippen LogP contribution in [-0.2, 0) is 11.3 Å². The molecule has 4 aromatic rings. The Hall–Kier alpha value is -2.90. The summed E-state index contributed by atoms with van der Waals surface area (Å²) in [6.07, 6.45) is 0. The van der Waals surface area contributed by atoms with Gasteiger partial charge >= 0.3 is 0 Å². The third-order valence-corrected chi connectivity index (χ3v) is 7.00. The van der Waals surface area contributed by atoms with Crippen molar-refractivity contribution < 1.29 is 4.79 Å². The van der Waals surface area contributed by atoms with Crippen LogP contribution < -0.4 is 5.56 Å². The minimum absolute atomic E-state index is 0.00700. The zero-order valence-corrected chi connectivity index (χ0v) is 19.3. The smallest absolute Gasteiger partial charge is 0.266 e. The van der Waals surface area contributed by atoms with Crippen LogP contribution in [0.4, 0.5) is 0 Å². The van der Waals surface area contributed by atoms with Crippen LogP contribution in [0.3, 0.4) is 0 Å². The fourth-order valence-electron chi connectivity index (χ4n) is 3.26. The molecule has 0 unspecified atom stereocenters. The maximum Gasteiger partial charge on any atom is 0.266 e. The number of carbonyl (C=O) groups excluding carboxylic acids is 1. The molecular formula is C24H23N3O2S2. The molecule has 2 heterocycles. The Bertz CT molecular complexity index is 1300. The number of aromatic nitrogens is 2. The third kappa shape index (κ3) is 4.57. The molecule has 0 aliphatic rings. The third-order valence-electron chi connectivity index (χ3n) is 5.22. The zero-order valence-electron chi connectivity index (χ0n) is 17.7. The summed E-state index contributed by atoms with van der Waals surface area (Å²) in [4.78, 5) is 33.7. The first-order chi connectivity index (χ1) is 14.9. The lowest BCUT2D eigenvalue weighted by Gasteiger charge is -2.17. The van der Waals surface area contributed by atoms with Crippen LogP contribution in [0.2, 0.25) is 0 Å². The molecule has 2 aromatic carbocycles. The van der Waals surface area contributed by atoms with Gasteiger partial charge in [0.2, 0.25) is 5.91 Å². The number of nitrogens with zero attached hydrogens (tertiary/aromatic N) is 3. The van der Waals surface area contributed by atoms with Crippen molar-refractivity contribution in [3.63, 3.8) is 0 Å². The molecule has 0 atom stereocenters. The Morgan fingerprint density at radius 2 is 1.90 bits per heavy atom. The van der Waals surface area contributed by atoms with Crippen molar-refractivity contribution in [2.45, 2.75) is 25.5 Å². The highest BCUT2D eigenvalue weighted by atomic mass is 32.2. The average Bonchev–Trinajstić information content (AvgIpc) is 3.27. The maximum atomic E-state index is 13.4. The molecule has 0 fully saturated rings. The zero-order chi connectivity index (χ0) is 22.0. The molecule has 0 spiro atoms. The Morgan fingerprint density at radius 1 is 1.10 bits per heavy atom. The van der Waals surface area contributed by atoms with Crippen LogP contribution in [0.25, 0.3) is 16.6 Å². The minimum atomic E-state index is -0.129. The molecule has 1 amide bonds. The monoisotopic (exact) mass is 449 g/mol. The summed E-state index contributed by atoms with van der Waals surface area (Å²) >= 11 is 2.92. The number of thioether (sulfide) groups is 1. The fraction of sp³-hybridized carbons (Fsp3) is 0.208. The van der Waals surface area contributed by atoms with E-state index in [2.05, 4.69) is 0 Å². The van der Waals surface area contributed by atoms with Crippen LogP contribution in [0, 0.1) is 13.8 Å². The van der Waals surface area contributed by atoms with Crippen molar-refractivity contribution in [3.05, 3.63) is 86.3 Å². The summed E-state index contributed by atoms with van der Waals surface area (Å²) < 4.78 is 1.62. The molecule has 0 aliphatic carbocycles. The van der Waals surface area contributed by atoms with E-state index in [4.69, 9.17) is 4.98 Å². The van der Waals surface area contributed by atoms with E-state index in [0.717, 1.165) is 21.7 Å². The van der Waals surface area contributed by atoms with Gasteiger partial charge in [-0.2, -0.15) is 0 Å². The lowest BCUT2D eigenvalue weighted by Crippen LogP contribution is -2.28. The summed E-state index contributed by atoms with van der Waals surface area (Å²) in [7, 11) is 1.80. The minimum Gasteiger partial charge on any atom is -0.340 e. The Balaban J connectivity index is 1.68. The van der Waals surface area contributed by atoms with E-state index in [0.29, 0.717) is 22.6 Å². The predicted molar refractivity (Wildman–Crippen MR) is 128 cm³/mol. The summed E-state index contributed by atoms with van der Waals surface area (Å²) in [5, 5.41) is 3.08. The van der Waals surface area contributed by atoms with Gasteiger partial charge in [-0.1, -0.05) is 36.0 Å². The first-order valence-electron chi connectivity index (χ1n) is 9.92. The highest BCUT2D eigenvalue weighted by Crippen LogP contribution is 2.23. The topological polar surface area (TPSA) is 55.2 Å². The number of rotatable bonds is 6. The molecule has 31 heavy (non-hydrogen) atoms. The number of amides is 1. The first kappa shape index (κ1) is 21.3. The number of carbonyl (C=O) groups is 1. The average molecular weight is 450 g/mol. The molecule has 2 aromatic heterocycles. The van der Waals surface area contributed by atoms with E-state index in [1.165, 1.54) is 11.8 Å². The molecule has 5 nitrogen and oxygen atoms in total. The van der Waals surface area contributed by atoms with E-state index in [1.54, 1.807) is 33.9 Å². The number of hydrogen-bond donors (Lipinski definition) is 0. The van der Waals surface area contributed by atoms with Crippen molar-refractivity contribution in [2.75, 3.05) is 12.8 Å². The van der Waals surface area contributed by atoms with Crippen molar-refractivity contribution in [2.24, 2.45) is 0 Å². The predicted octanol–water partition coefficient (Wildman–Crippen LogP) is 4.81. The lowest BCUT2D eigenvalue weighted by atomic mass is 10.1. The molecule has 0 N–H and O–H groups in total. The number of thiophene rings is 1. The first-order valence-corrected chi connectivity index (χ1v) is 11.8. The molecule has 0 saturated heterocycles. The van der Waals surface area contributed by atoms with Gasteiger partial charge in [0.05, 0.1) is 28.9 Å². The number of hydrogen-bond acceptors (Lipinski definition) is 5. The normalized spacial score (nSPS) is 11.1. The quantitative estimate of drug-likeness (QED) is 0.313. The summed E-state index contributed by atoms with van der Waals surface area (Å²) in [6.45, 7) is 4.64. The number of para-hydroxylation sites is 1. The van der Waals surface area contributed by atoms with Gasteiger partial charge in [0, 0.05) is 11.9 Å². The van der Waals surface area contributed by atoms with E-state index < -0.39 is 0 Å². The molecule has 4 rings (SSSR count). The molecule has 7 heteroatoms. The molecule has 0 radical (unpaired) electrons. The van der Waals surface area contributed by atoms with Gasteiger partial charge in [0.25, 0.3) is 5.56 Å². The van der Waals surface area contributed by atoms with Gasteiger partial charge in [-0.15, -0.1) is 11.3 Å². The maximum absolute atomic E-state index is 13.4. The summed E-state index contributed by atoms with van der Waals surface area (Å²) in [5.74, 6) is 0.199. The molecule has 0 saturated carbocycles. The second-order valence-corrected chi connectivity index (χ2v) is 9.41. The molecule has 158 valence electrons. The summed E-state index contributed by atoms with van der Waals surface area (Å²) in [5.41, 5.74) is 3.52. The van der Waals surface area contributed by atoms with Crippen LogP contribution in [0.15, 0.2) is 69.9 Å². The van der Waals surface area contributed by atoms with Crippen LogP contribution >= 0.6 is 23.1 Å². The van der Waals surface area contributed by atoms with Gasteiger partial charge in [0.1, 0.15) is 0 Å². The second-order valence-electron chi connectivity index (χ2n) is 7.44. The van der Waals surface area contributed by atoms with Crippen molar-refractivity contribution in [1.29, 1.82) is 0 Å². The molecular weight excluding hydrogens is 426 g/mol. The van der Waals surface area contributed by atoms with E-state index in [9.17, 15) is 9.59 Å². The number of aryl methyl sites for hydroxylation is 2. The SMILES string of the molecule is Cc1ccc(-n2c(SCC(=O)N(C)Cc3cccs3)nc3ccccc3c2=O)cc1C. The van der Waals surface area contributed by atoms with E-state index in [-0.39, 0.29) is 17.2 Å². The van der Waals surface area contributed by atoms with Gasteiger partial charge in [0.15, 0.2) is 5.16 Å². The lowest BCUT2D eigenvalue weighted by molar-refractivity contribution is -0.127. The van der Waals surface area contributed by atoms with Gasteiger partial charge in [-0.25, -0.2) is 4.98 Å². The van der Waals surface area contributed by atoms with Gasteiger partial charge in [-0.05, 0) is 60.7 Å². The summed E-state index contributed by atoms with van der Waals surface area (Å²) in [6, 6.07) is 17.2. The number of benzene rings is 2. The Labute approximate surface area is 189 Å². The highest BCUT2D eigenvalue weighted by molar-refractivity contribution is 7.99. The van der Waals surface area contributed by atoms with Crippen LogP contribution in [0.1, 0.15) is 16.0 Å². The van der Waals surface area contributed by atoms with Crippen molar-refractivity contribution in [1.82, 2.24) is 14.5 Å². The van der Waals surface area contributed by atoms with Crippen molar-refractivity contribution in [3.8, 4) is 5.69 Å². The second kappa shape index (κ2) is 9.08. The van der Waals surface area contributed by atoms with Crippen LogP contribution in [0.5, 0.6) is 0 Å². The van der Waals surface area contributed by atoms with Crippen molar-refractivity contribution >= 4 is 39.9 Å². The van der Waals surface area contributed by atoms with Crippen LogP contribution in [-0.4, -0.2) is 33.2 Å². The van der Waals surface area contributed by atoms with Gasteiger partial charge < -0.3 is 4.90 Å². The largest absolute Gasteiger partial charge is 0.340 e. The van der Waals surface area contributed by atoms with E-state index >= 15 is 0 Å². The Kier molecular flexibility index (Phi) is 6.25. The Morgan fingerprint density at radius 3 is 2.65 bits per heavy atom. The van der Waals surface area contributed by atoms with E-state index in [1.807, 2.05) is 67.8 Å². The fourth-order valence-corrected chi connectivity index (χ4v) is 4.97. The molecule has 0 bridgehead atoms. The highest BCUT2D eigenvalue weighted by Gasteiger charge is 2.17. The number of fused-ring (bicyclic) bond motifs is 1. The van der Waals surface area contributed by atoms with Gasteiger partial charge in [-0.3, -0.25) is 14.2 Å². The molecule has 0 aliphatic heterocycles.